The quantitative estimate of drug-likeness (QED) is 0.230. The number of hydrogen-bond donors (Lipinski definition) is 2. The van der Waals surface area contributed by atoms with Gasteiger partial charge in [0.2, 0.25) is 0 Å². The van der Waals surface area contributed by atoms with Gasteiger partial charge in [-0.05, 0) is 106 Å². The molecule has 0 aliphatic carbocycles. The number of nitrogens with zero attached hydrogens (tertiary/aromatic N) is 4. The molecule has 2 aliphatic heterocycles. The van der Waals surface area contributed by atoms with E-state index in [1.807, 2.05) is 51.1 Å². The predicted molar refractivity (Wildman–Crippen MR) is 193 cm³/mol. The van der Waals surface area contributed by atoms with Crippen LogP contribution < -0.4 is 21.5 Å². The zero-order valence-corrected chi connectivity index (χ0v) is 30.0. The van der Waals surface area contributed by atoms with Gasteiger partial charge in [-0.1, -0.05) is 6.07 Å². The number of rotatable bonds is 9. The lowest BCUT2D eigenvalue weighted by molar-refractivity contribution is -0.148. The lowest BCUT2D eigenvalue weighted by Gasteiger charge is -2.37. The van der Waals surface area contributed by atoms with Gasteiger partial charge in [0.05, 0.1) is 17.6 Å². The van der Waals surface area contributed by atoms with Gasteiger partial charge in [-0.2, -0.15) is 13.2 Å². The number of benzene rings is 2. The molecule has 274 valence electrons. The van der Waals surface area contributed by atoms with E-state index in [1.165, 1.54) is 4.90 Å². The second-order valence-corrected chi connectivity index (χ2v) is 14.0. The summed E-state index contributed by atoms with van der Waals surface area (Å²) < 4.78 is 48.2. The van der Waals surface area contributed by atoms with Crippen LogP contribution in [-0.4, -0.2) is 76.5 Å². The molecule has 2 fully saturated rings. The molecule has 0 bridgehead atoms. The average molecular weight is 709 g/mol. The van der Waals surface area contributed by atoms with Gasteiger partial charge in [0.15, 0.2) is 0 Å². The van der Waals surface area contributed by atoms with Crippen molar-refractivity contribution < 1.29 is 22.7 Å². The molecule has 6 rings (SSSR count). The van der Waals surface area contributed by atoms with E-state index < -0.39 is 12.7 Å². The Morgan fingerprint density at radius 3 is 2.33 bits per heavy atom. The number of nitrogens with one attached hydrogen (secondary N) is 2. The minimum absolute atomic E-state index is 0.0702. The van der Waals surface area contributed by atoms with Gasteiger partial charge in [-0.25, -0.2) is 4.79 Å². The molecule has 0 unspecified atom stereocenters. The molecule has 2 N–H and O–H groups in total. The predicted octanol–water partition coefficient (Wildman–Crippen LogP) is 5.76. The van der Waals surface area contributed by atoms with Gasteiger partial charge >= 0.3 is 11.9 Å². The third kappa shape index (κ3) is 7.64. The minimum atomic E-state index is -4.27. The van der Waals surface area contributed by atoms with Crippen LogP contribution in [0.25, 0.3) is 22.2 Å². The van der Waals surface area contributed by atoms with Gasteiger partial charge in [-0.3, -0.25) is 23.6 Å². The first-order valence-electron chi connectivity index (χ1n) is 17.7. The molecule has 4 heterocycles. The highest BCUT2D eigenvalue weighted by Gasteiger charge is 2.34. The summed E-state index contributed by atoms with van der Waals surface area (Å²) in [5, 5.41) is 2.99. The molecule has 10 nitrogen and oxygen atoms in total. The number of fused-ring (bicyclic) bond motifs is 1. The Hall–Kier alpha value is -4.36. The van der Waals surface area contributed by atoms with Crippen molar-refractivity contribution in [1.82, 2.24) is 24.3 Å². The number of ether oxygens (including phenoxy) is 1. The molecule has 0 spiro atoms. The third-order valence-electron chi connectivity index (χ3n) is 10.6. The molecule has 2 saturated heterocycles. The second-order valence-electron chi connectivity index (χ2n) is 14.0. The van der Waals surface area contributed by atoms with Gasteiger partial charge in [0.1, 0.15) is 0 Å². The number of imidazole rings is 1. The Balaban J connectivity index is 1.40. The maximum atomic E-state index is 14.0. The summed E-state index contributed by atoms with van der Waals surface area (Å²) in [5.74, 6) is -0.304. The molecule has 0 atom stereocenters. The van der Waals surface area contributed by atoms with Crippen LogP contribution in [-0.2, 0) is 18.3 Å². The number of carbonyl (C=O) groups excluding carboxylic acids is 1. The van der Waals surface area contributed by atoms with E-state index >= 15 is 0 Å². The van der Waals surface area contributed by atoms with Crippen LogP contribution in [0.5, 0.6) is 0 Å². The van der Waals surface area contributed by atoms with Crippen molar-refractivity contribution in [2.75, 3.05) is 44.3 Å². The normalized spacial score (nSPS) is 16.5. The van der Waals surface area contributed by atoms with Crippen LogP contribution >= 0.6 is 0 Å². The number of anilines is 1. The summed E-state index contributed by atoms with van der Waals surface area (Å²) in [6.45, 7) is 9.38. The standard InChI is InChI=1S/C38H47F3N6O4/c1-6-46(28-11-15-51-16-12-28)33-20-27(18-30(25(33)4)35(48)42-21-31-23(2)17-24(3)43-36(31)49)26-7-8-32-34(19-26)47(37(50)44(32)5)29-9-13-45(14-10-29)22-38(39,40)41/h7-8,17-20,28-29H,6,9-16,21-22H2,1-5H3,(H,42,48)(H,43,49). The average Bonchev–Trinajstić information content (AvgIpc) is 3.33. The van der Waals surface area contributed by atoms with Crippen LogP contribution in [0.4, 0.5) is 18.9 Å². The molecule has 2 aliphatic rings. The van der Waals surface area contributed by atoms with Crippen molar-refractivity contribution in [3.05, 3.63) is 85.2 Å². The summed E-state index contributed by atoms with van der Waals surface area (Å²) in [7, 11) is 1.71. The van der Waals surface area contributed by atoms with E-state index in [9.17, 15) is 27.6 Å². The van der Waals surface area contributed by atoms with Crippen molar-refractivity contribution in [3.63, 3.8) is 0 Å². The number of alkyl halides is 3. The molecule has 13 heteroatoms. The lowest BCUT2D eigenvalue weighted by Crippen LogP contribution is -2.41. The summed E-state index contributed by atoms with van der Waals surface area (Å²) in [6, 6.07) is 11.6. The SMILES string of the molecule is CCN(c1cc(-c2ccc3c(c2)n(C2CCN(CC(F)(F)F)CC2)c(=O)n3C)cc(C(=O)NCc2c(C)cc(C)[nH]c2=O)c1C)C1CCOCC1. The molecule has 2 aromatic heterocycles. The van der Waals surface area contributed by atoms with Crippen LogP contribution in [0.3, 0.4) is 0 Å². The minimum Gasteiger partial charge on any atom is -0.381 e. The number of hydrogen-bond acceptors (Lipinski definition) is 6. The van der Waals surface area contributed by atoms with Crippen molar-refractivity contribution in [2.24, 2.45) is 7.05 Å². The number of H-pyrrole nitrogens is 1. The first-order valence-corrected chi connectivity index (χ1v) is 17.7. The number of aromatic nitrogens is 3. The van der Waals surface area contributed by atoms with E-state index in [2.05, 4.69) is 28.2 Å². The smallest absolute Gasteiger partial charge is 0.381 e. The van der Waals surface area contributed by atoms with Gasteiger partial charge in [0.25, 0.3) is 11.5 Å². The van der Waals surface area contributed by atoms with E-state index in [4.69, 9.17) is 4.74 Å². The molecule has 0 radical (unpaired) electrons. The summed E-state index contributed by atoms with van der Waals surface area (Å²) in [4.78, 5) is 46.8. The van der Waals surface area contributed by atoms with Crippen LogP contribution in [0.2, 0.25) is 0 Å². The van der Waals surface area contributed by atoms with Gasteiger partial charge < -0.3 is 19.9 Å². The van der Waals surface area contributed by atoms with Crippen molar-refractivity contribution in [1.29, 1.82) is 0 Å². The number of piperidine rings is 1. The number of aromatic amines is 1. The summed E-state index contributed by atoms with van der Waals surface area (Å²) >= 11 is 0. The number of carbonyl (C=O) groups is 1. The largest absolute Gasteiger partial charge is 0.401 e. The first-order chi connectivity index (χ1) is 24.3. The van der Waals surface area contributed by atoms with Gasteiger partial charge in [0, 0.05) is 81.0 Å². The number of likely N-dealkylation sites (tertiary alicyclic amines) is 1. The van der Waals surface area contributed by atoms with Crippen molar-refractivity contribution in [2.45, 2.75) is 78.2 Å². The van der Waals surface area contributed by atoms with E-state index in [-0.39, 0.29) is 48.9 Å². The van der Waals surface area contributed by atoms with E-state index in [0.717, 1.165) is 58.5 Å². The molecule has 1 amide bonds. The maximum Gasteiger partial charge on any atom is 0.401 e. The summed E-state index contributed by atoms with van der Waals surface area (Å²) in [5.41, 5.74) is 6.87. The van der Waals surface area contributed by atoms with Crippen LogP contribution in [0, 0.1) is 20.8 Å². The van der Waals surface area contributed by atoms with Crippen molar-refractivity contribution in [3.8, 4) is 11.1 Å². The third-order valence-corrected chi connectivity index (χ3v) is 10.6. The Morgan fingerprint density at radius 2 is 1.69 bits per heavy atom. The topological polar surface area (TPSA) is 105 Å². The zero-order chi connectivity index (χ0) is 36.6. The summed E-state index contributed by atoms with van der Waals surface area (Å²) in [6.07, 6.45) is -1.69. The number of amides is 1. The highest BCUT2D eigenvalue weighted by Crippen LogP contribution is 2.36. The van der Waals surface area contributed by atoms with Crippen molar-refractivity contribution >= 4 is 22.6 Å². The maximum absolute atomic E-state index is 14.0. The molecular weight excluding hydrogens is 661 g/mol. The van der Waals surface area contributed by atoms with Crippen LogP contribution in [0.15, 0.2) is 46.0 Å². The fourth-order valence-corrected chi connectivity index (χ4v) is 7.88. The lowest BCUT2D eigenvalue weighted by atomic mass is 9.94. The molecule has 0 saturated carbocycles. The highest BCUT2D eigenvalue weighted by molar-refractivity contribution is 5.99. The van der Waals surface area contributed by atoms with E-state index in [0.29, 0.717) is 42.7 Å². The fourth-order valence-electron chi connectivity index (χ4n) is 7.88. The zero-order valence-electron chi connectivity index (χ0n) is 30.0. The Kier molecular flexibility index (Phi) is 10.5. The number of pyridine rings is 1. The molecule has 2 aromatic carbocycles. The van der Waals surface area contributed by atoms with Gasteiger partial charge in [-0.15, -0.1) is 0 Å². The second kappa shape index (κ2) is 14.7. The van der Waals surface area contributed by atoms with E-state index in [1.54, 1.807) is 16.2 Å². The Labute approximate surface area is 295 Å². The Morgan fingerprint density at radius 1 is 0.980 bits per heavy atom. The molecule has 51 heavy (non-hydrogen) atoms. The molecular formula is C38H47F3N6O4. The molecule has 4 aromatic rings. The first kappa shape index (κ1) is 36.4. The number of halogens is 3. The highest BCUT2D eigenvalue weighted by atomic mass is 19.4. The van der Waals surface area contributed by atoms with Crippen LogP contribution in [0.1, 0.15) is 71.4 Å². The number of aryl methyl sites for hydroxylation is 3. The monoisotopic (exact) mass is 708 g/mol. The fraction of sp³-hybridized carbons (Fsp3) is 0.500. The Bertz CT molecular complexity index is 2030.